The Balaban J connectivity index is 2.41. The summed E-state index contributed by atoms with van der Waals surface area (Å²) in [7, 11) is 0. The molecule has 0 aliphatic carbocycles. The van der Waals surface area contributed by atoms with Crippen molar-refractivity contribution in [3.05, 3.63) is 51.1 Å². The zero-order valence-corrected chi connectivity index (χ0v) is 15.9. The Labute approximate surface area is 154 Å². The third-order valence-corrected chi connectivity index (χ3v) is 5.41. The first-order chi connectivity index (χ1) is 12.2. The molecule has 0 saturated carbocycles. The highest BCUT2D eigenvalue weighted by Gasteiger charge is 2.25. The second-order valence-electron chi connectivity index (χ2n) is 6.60. The summed E-state index contributed by atoms with van der Waals surface area (Å²) in [5, 5.41) is 0.441. The van der Waals surface area contributed by atoms with E-state index < -0.39 is 11.9 Å². The van der Waals surface area contributed by atoms with Crippen molar-refractivity contribution < 1.29 is 9.18 Å². The van der Waals surface area contributed by atoms with Crippen LogP contribution in [0.25, 0.3) is 21.3 Å². The first-order valence-corrected chi connectivity index (χ1v) is 9.14. The van der Waals surface area contributed by atoms with Crippen molar-refractivity contribution in [2.45, 2.75) is 39.7 Å². The molecular weight excluding hydrogens is 353 g/mol. The van der Waals surface area contributed by atoms with Gasteiger partial charge in [-0.25, -0.2) is 9.37 Å². The largest absolute Gasteiger partial charge is 0.368 e. The third kappa shape index (κ3) is 2.92. The van der Waals surface area contributed by atoms with Gasteiger partial charge in [-0.3, -0.25) is 14.2 Å². The van der Waals surface area contributed by atoms with Gasteiger partial charge in [0.1, 0.15) is 22.5 Å². The number of hydrogen-bond donors (Lipinski definition) is 1. The summed E-state index contributed by atoms with van der Waals surface area (Å²) in [6.45, 7) is 7.33. The van der Waals surface area contributed by atoms with E-state index in [0.29, 0.717) is 16.0 Å². The number of primary amides is 1. The molecule has 0 spiro atoms. The lowest BCUT2D eigenvalue weighted by atomic mass is 10.0. The average Bonchev–Trinajstić information content (AvgIpc) is 2.91. The highest BCUT2D eigenvalue weighted by molar-refractivity contribution is 7.19. The number of rotatable bonds is 4. The number of nitrogens with two attached hydrogens (primary N) is 1. The lowest BCUT2D eigenvalue weighted by Gasteiger charge is -2.19. The van der Waals surface area contributed by atoms with Crippen molar-refractivity contribution in [1.29, 1.82) is 0 Å². The van der Waals surface area contributed by atoms with Crippen LogP contribution in [-0.2, 0) is 4.79 Å². The average molecular weight is 373 g/mol. The Kier molecular flexibility index (Phi) is 4.66. The van der Waals surface area contributed by atoms with Crippen LogP contribution in [-0.4, -0.2) is 15.5 Å². The number of aryl methyl sites for hydroxylation is 1. The van der Waals surface area contributed by atoms with Gasteiger partial charge in [0.2, 0.25) is 5.91 Å². The van der Waals surface area contributed by atoms with Crippen LogP contribution in [0.5, 0.6) is 0 Å². The number of carbonyl (C=O) groups excluding carboxylic acids is 1. The first kappa shape index (κ1) is 18.3. The van der Waals surface area contributed by atoms with Gasteiger partial charge in [-0.15, -0.1) is 11.3 Å². The maximum absolute atomic E-state index is 13.3. The normalized spacial score (nSPS) is 12.7. The van der Waals surface area contributed by atoms with Crippen LogP contribution in [0.1, 0.15) is 43.4 Å². The Morgan fingerprint density at radius 3 is 2.38 bits per heavy atom. The van der Waals surface area contributed by atoms with Crippen LogP contribution in [0.3, 0.4) is 0 Å². The van der Waals surface area contributed by atoms with Crippen LogP contribution in [0.2, 0.25) is 0 Å². The van der Waals surface area contributed by atoms with Gasteiger partial charge in [0.25, 0.3) is 5.56 Å². The van der Waals surface area contributed by atoms with E-state index in [-0.39, 0.29) is 17.3 Å². The summed E-state index contributed by atoms with van der Waals surface area (Å²) >= 11 is 1.42. The topological polar surface area (TPSA) is 78.0 Å². The minimum atomic E-state index is -0.807. The molecular formula is C19H20FN3O2S. The SMILES string of the molecule is Cc1sc2nc(C(C)C)n(C(C)C(N)=O)c(=O)c2c1-c1ccc(F)cc1. The molecule has 2 heterocycles. The van der Waals surface area contributed by atoms with Crippen LogP contribution in [0.4, 0.5) is 4.39 Å². The van der Waals surface area contributed by atoms with Crippen LogP contribution < -0.4 is 11.3 Å². The number of aromatic nitrogens is 2. The molecule has 2 aromatic heterocycles. The predicted octanol–water partition coefficient (Wildman–Crippen LogP) is 3.74. The quantitative estimate of drug-likeness (QED) is 0.757. The number of hydrogen-bond acceptors (Lipinski definition) is 4. The maximum atomic E-state index is 13.3. The molecule has 7 heteroatoms. The summed E-state index contributed by atoms with van der Waals surface area (Å²) in [6, 6.07) is 5.19. The molecule has 0 radical (unpaired) electrons. The molecule has 3 aromatic rings. The highest BCUT2D eigenvalue weighted by atomic mass is 32.1. The van der Waals surface area contributed by atoms with E-state index in [2.05, 4.69) is 4.98 Å². The van der Waals surface area contributed by atoms with Gasteiger partial charge in [0.05, 0.1) is 5.39 Å². The third-order valence-electron chi connectivity index (χ3n) is 4.41. The van der Waals surface area contributed by atoms with Gasteiger partial charge in [-0.05, 0) is 31.5 Å². The van der Waals surface area contributed by atoms with Gasteiger partial charge in [-0.2, -0.15) is 0 Å². The molecule has 1 unspecified atom stereocenters. The molecule has 26 heavy (non-hydrogen) atoms. The van der Waals surface area contributed by atoms with E-state index >= 15 is 0 Å². The maximum Gasteiger partial charge on any atom is 0.263 e. The number of benzene rings is 1. The second kappa shape index (κ2) is 6.64. The summed E-state index contributed by atoms with van der Waals surface area (Å²) in [4.78, 5) is 31.3. The summed E-state index contributed by atoms with van der Waals surface area (Å²) in [5.41, 5.74) is 6.62. The zero-order chi connectivity index (χ0) is 19.2. The molecule has 0 aliphatic heterocycles. The molecule has 1 amide bonds. The zero-order valence-electron chi connectivity index (χ0n) is 15.0. The lowest BCUT2D eigenvalue weighted by Crippen LogP contribution is -2.35. The van der Waals surface area contributed by atoms with Crippen molar-refractivity contribution in [3.63, 3.8) is 0 Å². The number of fused-ring (bicyclic) bond motifs is 1. The van der Waals surface area contributed by atoms with Gasteiger partial charge < -0.3 is 5.73 Å². The predicted molar refractivity (Wildman–Crippen MR) is 102 cm³/mol. The fourth-order valence-corrected chi connectivity index (χ4v) is 4.11. The summed E-state index contributed by atoms with van der Waals surface area (Å²) in [6.07, 6.45) is 0. The molecule has 3 rings (SSSR count). The standard InChI is InChI=1S/C19H20FN3O2S/c1-9(2)17-22-18-15(19(25)23(17)10(3)16(21)24)14(11(4)26-18)12-5-7-13(20)8-6-12/h5-10H,1-4H3,(H2,21,24). The Morgan fingerprint density at radius 1 is 1.23 bits per heavy atom. The van der Waals surface area contributed by atoms with Gasteiger partial charge in [-0.1, -0.05) is 26.0 Å². The van der Waals surface area contributed by atoms with Crippen LogP contribution in [0, 0.1) is 12.7 Å². The Morgan fingerprint density at radius 2 is 1.85 bits per heavy atom. The minimum Gasteiger partial charge on any atom is -0.368 e. The molecule has 0 saturated heterocycles. The molecule has 2 N–H and O–H groups in total. The van der Waals surface area contributed by atoms with Crippen LogP contribution >= 0.6 is 11.3 Å². The van der Waals surface area contributed by atoms with Crippen molar-refractivity contribution in [2.24, 2.45) is 5.73 Å². The lowest BCUT2D eigenvalue weighted by molar-refractivity contribution is -0.120. The molecule has 1 atom stereocenters. The molecule has 0 aliphatic rings. The van der Waals surface area contributed by atoms with Gasteiger partial charge >= 0.3 is 0 Å². The number of carbonyl (C=O) groups is 1. The van der Waals surface area contributed by atoms with E-state index in [0.717, 1.165) is 16.0 Å². The molecule has 0 bridgehead atoms. The highest BCUT2D eigenvalue weighted by Crippen LogP contribution is 2.36. The number of amides is 1. The van der Waals surface area contributed by atoms with E-state index in [9.17, 15) is 14.0 Å². The fraction of sp³-hybridized carbons (Fsp3) is 0.316. The van der Waals surface area contributed by atoms with E-state index in [4.69, 9.17) is 5.73 Å². The first-order valence-electron chi connectivity index (χ1n) is 8.33. The summed E-state index contributed by atoms with van der Waals surface area (Å²) in [5.74, 6) is -0.456. The van der Waals surface area contributed by atoms with E-state index in [1.54, 1.807) is 19.1 Å². The van der Waals surface area contributed by atoms with Gasteiger partial charge in [0.15, 0.2) is 0 Å². The summed E-state index contributed by atoms with van der Waals surface area (Å²) < 4.78 is 14.7. The smallest absolute Gasteiger partial charge is 0.263 e. The molecule has 0 fully saturated rings. The van der Waals surface area contributed by atoms with E-state index in [1.807, 2.05) is 20.8 Å². The van der Waals surface area contributed by atoms with E-state index in [1.165, 1.54) is 28.0 Å². The van der Waals surface area contributed by atoms with Gasteiger partial charge in [0, 0.05) is 16.4 Å². The number of nitrogens with zero attached hydrogens (tertiary/aromatic N) is 2. The number of thiophene rings is 1. The fourth-order valence-electron chi connectivity index (χ4n) is 3.06. The minimum absolute atomic E-state index is 0.0504. The molecule has 5 nitrogen and oxygen atoms in total. The van der Waals surface area contributed by atoms with Crippen molar-refractivity contribution >= 4 is 27.5 Å². The Hall–Kier alpha value is -2.54. The monoisotopic (exact) mass is 373 g/mol. The van der Waals surface area contributed by atoms with Crippen LogP contribution in [0.15, 0.2) is 29.1 Å². The molecule has 136 valence electrons. The Bertz CT molecular complexity index is 1050. The van der Waals surface area contributed by atoms with Crippen molar-refractivity contribution in [2.75, 3.05) is 0 Å². The van der Waals surface area contributed by atoms with Crippen molar-refractivity contribution in [1.82, 2.24) is 9.55 Å². The van der Waals surface area contributed by atoms with Crippen molar-refractivity contribution in [3.8, 4) is 11.1 Å². The number of halogens is 1. The molecule has 1 aromatic carbocycles. The second-order valence-corrected chi connectivity index (χ2v) is 7.80.